The first-order valence-electron chi connectivity index (χ1n) is 14.8. The lowest BCUT2D eigenvalue weighted by molar-refractivity contribution is 0.0747. The molecule has 0 atom stereocenters. The minimum Gasteiger partial charge on any atom is -0.368 e. The predicted molar refractivity (Wildman–Crippen MR) is 188 cm³/mol. The monoisotopic (exact) mass is 700 g/mol. The fourth-order valence-electron chi connectivity index (χ4n) is 4.78. The maximum atomic E-state index is 13.0. The number of aromatic nitrogens is 2. The lowest BCUT2D eigenvalue weighted by Gasteiger charge is -2.36. The van der Waals surface area contributed by atoms with Gasteiger partial charge in [0.25, 0.3) is 16.0 Å². The molecule has 3 N–H and O–H groups in total. The van der Waals surface area contributed by atoms with Crippen LogP contribution in [0.25, 0.3) is 5.69 Å². The lowest BCUT2D eigenvalue weighted by Crippen LogP contribution is -2.48. The second kappa shape index (κ2) is 14.8. The number of nitrogens with one attached hydrogen (secondary N) is 2. The summed E-state index contributed by atoms with van der Waals surface area (Å²) >= 11 is 12.5. The van der Waals surface area contributed by atoms with E-state index in [0.717, 1.165) is 22.6 Å². The summed E-state index contributed by atoms with van der Waals surface area (Å²) in [6.07, 6.45) is 0.715. The Morgan fingerprint density at radius 3 is 1.91 bits per heavy atom. The zero-order valence-electron chi connectivity index (χ0n) is 26.8. The molecule has 1 aliphatic rings. The summed E-state index contributed by atoms with van der Waals surface area (Å²) in [5.74, 6) is 0.428. The maximum absolute atomic E-state index is 13.0. The molecule has 1 saturated heterocycles. The molecule has 0 saturated carbocycles. The highest BCUT2D eigenvalue weighted by Gasteiger charge is 2.26. The highest BCUT2D eigenvalue weighted by atomic mass is 35.5. The van der Waals surface area contributed by atoms with E-state index in [1.54, 1.807) is 27.8 Å². The minimum absolute atomic E-state index is 0.158. The number of nitrogens with zero attached hydrogens (tertiary/aromatic N) is 4. The Balaban J connectivity index is 0.000000930. The van der Waals surface area contributed by atoms with Crippen molar-refractivity contribution in [3.63, 3.8) is 0 Å². The quantitative estimate of drug-likeness (QED) is 0.193. The third-order valence-corrected chi connectivity index (χ3v) is 7.86. The molecule has 3 aromatic carbocycles. The highest BCUT2D eigenvalue weighted by Crippen LogP contribution is 2.28. The summed E-state index contributed by atoms with van der Waals surface area (Å²) in [7, 11) is -3.67. The molecule has 11 nitrogen and oxygen atoms in total. The molecule has 2 heterocycles. The molecule has 0 aliphatic carbocycles. The highest BCUT2D eigenvalue weighted by molar-refractivity contribution is 7.85. The molecule has 250 valence electrons. The van der Waals surface area contributed by atoms with Gasteiger partial charge < -0.3 is 15.1 Å². The van der Waals surface area contributed by atoms with E-state index in [2.05, 4.69) is 36.3 Å². The number of anilines is 3. The molecule has 47 heavy (non-hydrogen) atoms. The predicted octanol–water partition coefficient (Wildman–Crippen LogP) is 6.90. The summed E-state index contributed by atoms with van der Waals surface area (Å²) in [5, 5.41) is 11.4. The van der Waals surface area contributed by atoms with E-state index < -0.39 is 10.1 Å². The topological polar surface area (TPSA) is 137 Å². The average Bonchev–Trinajstić information content (AvgIpc) is 3.41. The van der Waals surface area contributed by atoms with E-state index in [9.17, 15) is 18.0 Å². The molecular formula is C33H38Cl2N6O5S. The molecular weight excluding hydrogens is 663 g/mol. The van der Waals surface area contributed by atoms with Crippen molar-refractivity contribution >= 4 is 62.5 Å². The summed E-state index contributed by atoms with van der Waals surface area (Å²) in [5.41, 5.74) is 4.73. The number of aryl methyl sites for hydroxylation is 1. The number of benzene rings is 3. The van der Waals surface area contributed by atoms with Crippen molar-refractivity contribution in [3.8, 4) is 5.69 Å². The fourth-order valence-corrected chi connectivity index (χ4v) is 5.34. The second-order valence-electron chi connectivity index (χ2n) is 12.1. The average molecular weight is 702 g/mol. The number of hydrogen-bond donors (Lipinski definition) is 3. The van der Waals surface area contributed by atoms with Crippen molar-refractivity contribution in [3.05, 3.63) is 99.7 Å². The molecule has 5 rings (SSSR count). The van der Waals surface area contributed by atoms with Crippen molar-refractivity contribution in [1.29, 1.82) is 0 Å². The van der Waals surface area contributed by atoms with Crippen LogP contribution in [0.5, 0.6) is 0 Å². The van der Waals surface area contributed by atoms with Crippen LogP contribution in [0.2, 0.25) is 10.0 Å². The van der Waals surface area contributed by atoms with E-state index in [0.29, 0.717) is 59.5 Å². The zero-order chi connectivity index (χ0) is 34.5. The van der Waals surface area contributed by atoms with Gasteiger partial charge in [-0.15, -0.1) is 0 Å². The Bertz CT molecular complexity index is 1800. The van der Waals surface area contributed by atoms with Crippen molar-refractivity contribution < 1.29 is 22.6 Å². The minimum atomic E-state index is -3.67. The van der Waals surface area contributed by atoms with Crippen LogP contribution in [0.4, 0.5) is 22.0 Å². The normalized spacial score (nSPS) is 13.4. The van der Waals surface area contributed by atoms with E-state index in [1.165, 1.54) is 0 Å². The van der Waals surface area contributed by atoms with Crippen LogP contribution in [0.15, 0.2) is 72.8 Å². The maximum Gasteiger partial charge on any atom is 0.324 e. The van der Waals surface area contributed by atoms with Crippen molar-refractivity contribution in [2.45, 2.75) is 33.1 Å². The Morgan fingerprint density at radius 1 is 0.851 bits per heavy atom. The van der Waals surface area contributed by atoms with Gasteiger partial charge in [0.15, 0.2) is 0 Å². The lowest BCUT2D eigenvalue weighted by atomic mass is 9.92. The van der Waals surface area contributed by atoms with Gasteiger partial charge in [0.05, 0.1) is 33.2 Å². The van der Waals surface area contributed by atoms with Gasteiger partial charge in [-0.05, 0) is 55.5 Å². The molecule has 14 heteroatoms. The third-order valence-electron chi connectivity index (χ3n) is 7.23. The van der Waals surface area contributed by atoms with Gasteiger partial charge in [-0.1, -0.05) is 67.7 Å². The van der Waals surface area contributed by atoms with Gasteiger partial charge in [-0.3, -0.25) is 14.7 Å². The third kappa shape index (κ3) is 9.94. The van der Waals surface area contributed by atoms with E-state index in [1.807, 2.05) is 61.5 Å². The Morgan fingerprint density at radius 2 is 1.38 bits per heavy atom. The number of piperazine rings is 1. The summed E-state index contributed by atoms with van der Waals surface area (Å²) < 4.78 is 27.6. The van der Waals surface area contributed by atoms with E-state index in [-0.39, 0.29) is 17.4 Å². The van der Waals surface area contributed by atoms with Gasteiger partial charge >= 0.3 is 6.03 Å². The van der Waals surface area contributed by atoms with Crippen LogP contribution in [0.3, 0.4) is 0 Å². The zero-order valence-corrected chi connectivity index (χ0v) is 29.1. The molecule has 0 bridgehead atoms. The van der Waals surface area contributed by atoms with Crippen LogP contribution in [-0.2, 0) is 15.5 Å². The molecule has 1 fully saturated rings. The number of carbonyl (C=O) groups is 2. The Kier molecular flexibility index (Phi) is 11.2. The number of hydrogen-bond acceptors (Lipinski definition) is 6. The first kappa shape index (κ1) is 35.7. The second-order valence-corrected chi connectivity index (χ2v) is 14.4. The van der Waals surface area contributed by atoms with Gasteiger partial charge in [0, 0.05) is 49.0 Å². The molecule has 4 aromatic rings. The fraction of sp³-hybridized carbons (Fsp3) is 0.303. The van der Waals surface area contributed by atoms with Gasteiger partial charge in [0.2, 0.25) is 0 Å². The number of rotatable bonds is 5. The van der Waals surface area contributed by atoms with Crippen LogP contribution in [0, 0.1) is 6.92 Å². The van der Waals surface area contributed by atoms with Gasteiger partial charge in [0.1, 0.15) is 5.82 Å². The largest absolute Gasteiger partial charge is 0.368 e. The first-order chi connectivity index (χ1) is 22.0. The number of carbonyl (C=O) groups excluding carboxylic acids is 2. The molecule has 1 aromatic heterocycles. The Labute approximate surface area is 285 Å². The van der Waals surface area contributed by atoms with E-state index >= 15 is 0 Å². The van der Waals surface area contributed by atoms with Crippen molar-refractivity contribution in [2.75, 3.05) is 48.0 Å². The molecule has 1 aliphatic heterocycles. The van der Waals surface area contributed by atoms with Crippen molar-refractivity contribution in [2.24, 2.45) is 0 Å². The number of halogens is 2. The van der Waals surface area contributed by atoms with Crippen LogP contribution in [-0.4, -0.2) is 72.0 Å². The van der Waals surface area contributed by atoms with Crippen LogP contribution < -0.4 is 15.5 Å². The Hall–Kier alpha value is -4.10. The molecule has 3 amide bonds. The smallest absolute Gasteiger partial charge is 0.324 e. The van der Waals surface area contributed by atoms with Crippen LogP contribution in [0.1, 0.15) is 42.4 Å². The summed E-state index contributed by atoms with van der Waals surface area (Å²) in [6, 6.07) is 22.3. The first-order valence-corrected chi connectivity index (χ1v) is 17.4. The van der Waals surface area contributed by atoms with E-state index in [4.69, 9.17) is 32.9 Å². The van der Waals surface area contributed by atoms with Gasteiger partial charge in [-0.2, -0.15) is 13.5 Å². The molecule has 0 radical (unpaired) electrons. The summed E-state index contributed by atoms with van der Waals surface area (Å²) in [4.78, 5) is 30.0. The standard InChI is InChI=1S/C32H34Cl2N6O2.CH4O3S/c1-21-8-12-24(13-9-21)40-28(20-27(37-40)32(2,3)4)36-31(42)35-22-10-14-23(15-11-22)38-16-18-39(19-17-38)30(41)29-25(33)6-5-7-26(29)34;1-5(2,3)4/h5-15,20H,16-19H2,1-4H3,(H2,35,36,42);1H3,(H,2,3,4). The van der Waals surface area contributed by atoms with Crippen molar-refractivity contribution in [1.82, 2.24) is 14.7 Å². The molecule has 0 unspecified atom stereocenters. The summed E-state index contributed by atoms with van der Waals surface area (Å²) in [6.45, 7) is 10.7. The van der Waals surface area contributed by atoms with Gasteiger partial charge in [-0.25, -0.2) is 9.48 Å². The molecule has 0 spiro atoms. The number of amides is 3. The van der Waals surface area contributed by atoms with Crippen LogP contribution >= 0.6 is 23.2 Å². The SMILES string of the molecule is CS(=O)(=O)O.Cc1ccc(-n2nc(C(C)(C)C)cc2NC(=O)Nc2ccc(N3CCN(C(=O)c4c(Cl)cccc4Cl)CC3)cc2)cc1. The number of urea groups is 1.